The Balaban J connectivity index is 2.89. The van der Waals surface area contributed by atoms with E-state index in [-0.39, 0.29) is 19.4 Å². The van der Waals surface area contributed by atoms with Crippen LogP contribution >= 0.6 is 0 Å². The van der Waals surface area contributed by atoms with Gasteiger partial charge in [0.2, 0.25) is 0 Å². The lowest BCUT2D eigenvalue weighted by atomic mass is 10.1. The van der Waals surface area contributed by atoms with E-state index >= 15 is 0 Å². The Morgan fingerprint density at radius 3 is 2.25 bits per heavy atom. The van der Waals surface area contributed by atoms with Gasteiger partial charge >= 0.3 is 12.4 Å². The minimum absolute atomic E-state index is 0.0810. The van der Waals surface area contributed by atoms with Gasteiger partial charge < -0.3 is 9.84 Å². The van der Waals surface area contributed by atoms with Gasteiger partial charge in [-0.25, -0.2) is 0 Å². The summed E-state index contributed by atoms with van der Waals surface area (Å²) >= 11 is 0. The van der Waals surface area contributed by atoms with Crippen LogP contribution in [0.25, 0.3) is 0 Å². The topological polar surface area (TPSA) is 32.7 Å². The summed E-state index contributed by atoms with van der Waals surface area (Å²) in [5.41, 5.74) is 0. The zero-order valence-corrected chi connectivity index (χ0v) is 10.7. The minimum Gasteiger partial charge on any atom is -0.396 e. The van der Waals surface area contributed by atoms with Gasteiger partial charge in [0.25, 0.3) is 0 Å². The Morgan fingerprint density at radius 2 is 1.85 bits per heavy atom. The van der Waals surface area contributed by atoms with E-state index in [1.807, 2.05) is 0 Å². The number of aliphatic hydroxyl groups excluding tert-OH is 1. The minimum atomic E-state index is -4.81. The van der Waals surface area contributed by atoms with Crippen molar-refractivity contribution in [2.24, 2.45) is 0 Å². The molecule has 0 spiro atoms. The Kier molecular flexibility index (Phi) is 6.08. The van der Waals surface area contributed by atoms with E-state index in [1.54, 1.807) is 0 Å². The van der Waals surface area contributed by atoms with E-state index in [9.17, 15) is 26.3 Å². The highest BCUT2D eigenvalue weighted by Gasteiger charge is 2.51. The highest BCUT2D eigenvalue weighted by Crippen LogP contribution is 2.34. The predicted molar refractivity (Wildman–Crippen MR) is 58.1 cm³/mol. The van der Waals surface area contributed by atoms with Crippen molar-refractivity contribution >= 4 is 0 Å². The first-order valence-electron chi connectivity index (χ1n) is 6.25. The SMILES string of the molecule is OCCCN(CC(F)(F)F)C(C1CCCO1)C(F)(F)F. The smallest absolute Gasteiger partial charge is 0.396 e. The van der Waals surface area contributed by atoms with Gasteiger partial charge in [-0.3, -0.25) is 4.90 Å². The van der Waals surface area contributed by atoms with Crippen molar-refractivity contribution in [2.45, 2.75) is 43.8 Å². The molecule has 0 saturated carbocycles. The summed E-state index contributed by atoms with van der Waals surface area (Å²) in [4.78, 5) is 0.312. The van der Waals surface area contributed by atoms with Crippen LogP contribution in [0.5, 0.6) is 0 Å². The average Bonchev–Trinajstić information content (AvgIpc) is 2.75. The van der Waals surface area contributed by atoms with Crippen LogP contribution in [0.15, 0.2) is 0 Å². The molecular formula is C11H17F6NO2. The fourth-order valence-corrected chi connectivity index (χ4v) is 2.33. The van der Waals surface area contributed by atoms with E-state index in [1.165, 1.54) is 0 Å². The summed E-state index contributed by atoms with van der Waals surface area (Å²) in [6.45, 7) is -2.50. The molecule has 3 nitrogen and oxygen atoms in total. The first-order valence-corrected chi connectivity index (χ1v) is 6.25. The van der Waals surface area contributed by atoms with E-state index in [2.05, 4.69) is 0 Å². The quantitative estimate of drug-likeness (QED) is 0.765. The van der Waals surface area contributed by atoms with Crippen LogP contribution in [0, 0.1) is 0 Å². The average molecular weight is 309 g/mol. The maximum Gasteiger partial charge on any atom is 0.406 e. The lowest BCUT2D eigenvalue weighted by molar-refractivity contribution is -0.230. The molecule has 1 heterocycles. The molecule has 0 aliphatic carbocycles. The van der Waals surface area contributed by atoms with E-state index in [0.717, 1.165) is 0 Å². The fourth-order valence-electron chi connectivity index (χ4n) is 2.33. The van der Waals surface area contributed by atoms with Gasteiger partial charge in [0, 0.05) is 19.8 Å². The van der Waals surface area contributed by atoms with Gasteiger partial charge in [0.05, 0.1) is 12.6 Å². The Hall–Kier alpha value is -0.540. The number of nitrogens with zero attached hydrogens (tertiary/aromatic N) is 1. The van der Waals surface area contributed by atoms with Crippen LogP contribution in [0.2, 0.25) is 0 Å². The molecular weight excluding hydrogens is 292 g/mol. The van der Waals surface area contributed by atoms with Gasteiger partial charge in [-0.05, 0) is 19.3 Å². The van der Waals surface area contributed by atoms with Gasteiger partial charge in [-0.15, -0.1) is 0 Å². The van der Waals surface area contributed by atoms with Crippen molar-refractivity contribution in [1.29, 1.82) is 0 Å². The predicted octanol–water partition coefficient (Wildman–Crippen LogP) is 2.34. The maximum absolute atomic E-state index is 13.1. The second-order valence-electron chi connectivity index (χ2n) is 4.70. The number of ether oxygens (including phenoxy) is 1. The molecule has 0 amide bonds. The van der Waals surface area contributed by atoms with Crippen molar-refractivity contribution in [3.8, 4) is 0 Å². The van der Waals surface area contributed by atoms with Gasteiger partial charge in [0.1, 0.15) is 6.04 Å². The molecule has 2 atom stereocenters. The molecule has 0 bridgehead atoms. The monoisotopic (exact) mass is 309 g/mol. The zero-order chi connectivity index (χ0) is 15.4. The molecule has 1 N–H and O–H groups in total. The van der Waals surface area contributed by atoms with Gasteiger partial charge in [0.15, 0.2) is 0 Å². The van der Waals surface area contributed by atoms with Crippen molar-refractivity contribution in [3.05, 3.63) is 0 Å². The van der Waals surface area contributed by atoms with Gasteiger partial charge in [-0.2, -0.15) is 26.3 Å². The zero-order valence-electron chi connectivity index (χ0n) is 10.7. The van der Waals surface area contributed by atoms with Crippen LogP contribution in [0.1, 0.15) is 19.3 Å². The molecule has 120 valence electrons. The van der Waals surface area contributed by atoms with Crippen molar-refractivity contribution in [2.75, 3.05) is 26.3 Å². The van der Waals surface area contributed by atoms with Gasteiger partial charge in [-0.1, -0.05) is 0 Å². The number of hydrogen-bond donors (Lipinski definition) is 1. The highest BCUT2D eigenvalue weighted by molar-refractivity contribution is 4.89. The van der Waals surface area contributed by atoms with Crippen molar-refractivity contribution in [1.82, 2.24) is 4.90 Å². The fraction of sp³-hybridized carbons (Fsp3) is 1.00. The normalized spacial score (nSPS) is 22.5. The van der Waals surface area contributed by atoms with Crippen LogP contribution < -0.4 is 0 Å². The van der Waals surface area contributed by atoms with Crippen molar-refractivity contribution in [3.63, 3.8) is 0 Å². The third-order valence-corrected chi connectivity index (χ3v) is 3.03. The lowest BCUT2D eigenvalue weighted by Crippen LogP contribution is -2.55. The molecule has 20 heavy (non-hydrogen) atoms. The summed E-state index contributed by atoms with van der Waals surface area (Å²) in [5, 5.41) is 8.64. The molecule has 1 aliphatic rings. The van der Waals surface area contributed by atoms with Crippen LogP contribution in [-0.2, 0) is 4.74 Å². The first kappa shape index (κ1) is 17.5. The van der Waals surface area contributed by atoms with Crippen LogP contribution in [0.3, 0.4) is 0 Å². The second-order valence-corrected chi connectivity index (χ2v) is 4.70. The largest absolute Gasteiger partial charge is 0.406 e. The summed E-state index contributed by atoms with van der Waals surface area (Å²) in [6.07, 6.45) is -10.5. The summed E-state index contributed by atoms with van der Waals surface area (Å²) in [7, 11) is 0. The standard InChI is InChI=1S/C11H17F6NO2/c12-10(13,14)7-18(4-2-5-19)9(11(15,16)17)8-3-1-6-20-8/h8-9,19H,1-7H2. The molecule has 1 saturated heterocycles. The number of alkyl halides is 6. The Morgan fingerprint density at radius 1 is 1.20 bits per heavy atom. The van der Waals surface area contributed by atoms with Crippen LogP contribution in [0.4, 0.5) is 26.3 Å². The summed E-state index contributed by atoms with van der Waals surface area (Å²) in [5.74, 6) is 0. The number of halogens is 6. The summed E-state index contributed by atoms with van der Waals surface area (Å²) < 4.78 is 81.5. The maximum atomic E-state index is 13.1. The molecule has 0 radical (unpaired) electrons. The molecule has 0 aromatic heterocycles. The number of rotatable bonds is 6. The molecule has 0 aromatic carbocycles. The first-order chi connectivity index (χ1) is 9.15. The van der Waals surface area contributed by atoms with E-state index < -0.39 is 44.2 Å². The summed E-state index contributed by atoms with van der Waals surface area (Å²) in [6, 6.07) is -2.29. The third kappa shape index (κ3) is 5.45. The van der Waals surface area contributed by atoms with Crippen molar-refractivity contribution < 1.29 is 36.2 Å². The molecule has 9 heteroatoms. The number of aliphatic hydroxyl groups is 1. The molecule has 2 unspecified atom stereocenters. The molecule has 1 rings (SSSR count). The second kappa shape index (κ2) is 6.95. The molecule has 1 fully saturated rings. The van der Waals surface area contributed by atoms with Crippen LogP contribution in [-0.4, -0.2) is 60.8 Å². The Labute approximate surface area is 112 Å². The third-order valence-electron chi connectivity index (χ3n) is 3.03. The van der Waals surface area contributed by atoms with E-state index in [0.29, 0.717) is 11.3 Å². The lowest BCUT2D eigenvalue weighted by Gasteiger charge is -2.36. The number of hydrogen-bond acceptors (Lipinski definition) is 3. The molecule has 1 aliphatic heterocycles. The highest BCUT2D eigenvalue weighted by atomic mass is 19.4. The molecule has 0 aromatic rings. The Bertz CT molecular complexity index is 288. The van der Waals surface area contributed by atoms with E-state index in [4.69, 9.17) is 9.84 Å².